The highest BCUT2D eigenvalue weighted by molar-refractivity contribution is 5.78. The fourth-order valence-corrected chi connectivity index (χ4v) is 1.35. The maximum atomic E-state index is 12.6. The number of benzene rings is 1. The van der Waals surface area contributed by atoms with Crippen LogP contribution in [0.25, 0.3) is 0 Å². The Morgan fingerprint density at radius 3 is 2.58 bits per heavy atom. The Kier molecular flexibility index (Phi) is 5.95. The molecule has 1 aromatic carbocycles. The van der Waals surface area contributed by atoms with Gasteiger partial charge in [-0.1, -0.05) is 12.1 Å². The smallest absolute Gasteiger partial charge is 0.332 e. The van der Waals surface area contributed by atoms with Crippen LogP contribution in [0.1, 0.15) is 12.5 Å². The summed E-state index contributed by atoms with van der Waals surface area (Å²) in [5, 5.41) is 11.2. The maximum Gasteiger partial charge on any atom is 0.332 e. The summed E-state index contributed by atoms with van der Waals surface area (Å²) in [5.74, 6) is -1.61. The third-order valence-corrected chi connectivity index (χ3v) is 2.42. The van der Waals surface area contributed by atoms with Crippen molar-refractivity contribution in [2.75, 3.05) is 13.2 Å². The third kappa shape index (κ3) is 5.96. The third-order valence-electron chi connectivity index (χ3n) is 2.42. The lowest BCUT2D eigenvalue weighted by molar-refractivity contribution is -0.148. The molecule has 0 aliphatic heterocycles. The fourth-order valence-electron chi connectivity index (χ4n) is 1.35. The van der Waals surface area contributed by atoms with Crippen molar-refractivity contribution in [3.63, 3.8) is 0 Å². The molecule has 0 saturated heterocycles. The standard InChI is InChI=1S/C13H16FNO4/c1-9(13(17)18)19-7-6-15-12(16)8-10-2-4-11(14)5-3-10/h2-5,9H,6-8H2,1H3,(H,15,16)(H,17,18). The van der Waals surface area contributed by atoms with Crippen LogP contribution in [0.2, 0.25) is 0 Å². The molecule has 2 N–H and O–H groups in total. The van der Waals surface area contributed by atoms with E-state index in [-0.39, 0.29) is 31.3 Å². The van der Waals surface area contributed by atoms with Gasteiger partial charge in [0.2, 0.25) is 5.91 Å². The summed E-state index contributed by atoms with van der Waals surface area (Å²) in [6, 6.07) is 5.66. The van der Waals surface area contributed by atoms with E-state index in [1.165, 1.54) is 31.2 Å². The minimum absolute atomic E-state index is 0.128. The van der Waals surface area contributed by atoms with Crippen LogP contribution in [0, 0.1) is 5.82 Å². The zero-order valence-electron chi connectivity index (χ0n) is 10.6. The van der Waals surface area contributed by atoms with E-state index in [0.717, 1.165) is 0 Å². The Hall–Kier alpha value is -1.95. The molecule has 104 valence electrons. The van der Waals surface area contributed by atoms with Gasteiger partial charge in [0.1, 0.15) is 5.82 Å². The van der Waals surface area contributed by atoms with Gasteiger partial charge in [0.05, 0.1) is 13.0 Å². The maximum absolute atomic E-state index is 12.6. The molecule has 1 atom stereocenters. The first-order valence-corrected chi connectivity index (χ1v) is 5.84. The normalized spacial score (nSPS) is 11.9. The van der Waals surface area contributed by atoms with Crippen molar-refractivity contribution in [1.82, 2.24) is 5.32 Å². The number of rotatable bonds is 7. The number of ether oxygens (including phenoxy) is 1. The molecule has 0 radical (unpaired) electrons. The van der Waals surface area contributed by atoms with Crippen LogP contribution in [-0.2, 0) is 20.7 Å². The van der Waals surface area contributed by atoms with Gasteiger partial charge >= 0.3 is 5.97 Å². The molecule has 1 rings (SSSR count). The van der Waals surface area contributed by atoms with Crippen LogP contribution in [0.15, 0.2) is 24.3 Å². The van der Waals surface area contributed by atoms with E-state index >= 15 is 0 Å². The van der Waals surface area contributed by atoms with Gasteiger partial charge in [-0.25, -0.2) is 9.18 Å². The second-order valence-corrected chi connectivity index (χ2v) is 4.00. The highest BCUT2D eigenvalue weighted by atomic mass is 19.1. The Morgan fingerprint density at radius 1 is 1.37 bits per heavy atom. The number of aliphatic carboxylic acids is 1. The zero-order chi connectivity index (χ0) is 14.3. The minimum atomic E-state index is -1.04. The molecule has 0 fully saturated rings. The molecule has 0 aromatic heterocycles. The van der Waals surface area contributed by atoms with Crippen molar-refractivity contribution in [2.45, 2.75) is 19.4 Å². The fraction of sp³-hybridized carbons (Fsp3) is 0.385. The monoisotopic (exact) mass is 269 g/mol. The summed E-state index contributed by atoms with van der Waals surface area (Å²) in [7, 11) is 0. The van der Waals surface area contributed by atoms with Gasteiger partial charge < -0.3 is 15.2 Å². The summed E-state index contributed by atoms with van der Waals surface area (Å²) in [6.07, 6.45) is -0.747. The summed E-state index contributed by atoms with van der Waals surface area (Å²) < 4.78 is 17.6. The first-order valence-electron chi connectivity index (χ1n) is 5.84. The number of hydrogen-bond acceptors (Lipinski definition) is 3. The zero-order valence-corrected chi connectivity index (χ0v) is 10.6. The topological polar surface area (TPSA) is 75.6 Å². The quantitative estimate of drug-likeness (QED) is 0.723. The van der Waals surface area contributed by atoms with E-state index in [2.05, 4.69) is 5.32 Å². The predicted molar refractivity (Wildman–Crippen MR) is 66.2 cm³/mol. The van der Waals surface area contributed by atoms with Crippen molar-refractivity contribution < 1.29 is 23.8 Å². The molecule has 0 saturated carbocycles. The van der Waals surface area contributed by atoms with Gasteiger partial charge in [0.15, 0.2) is 6.10 Å². The van der Waals surface area contributed by atoms with Crippen LogP contribution >= 0.6 is 0 Å². The lowest BCUT2D eigenvalue weighted by Crippen LogP contribution is -2.31. The summed E-state index contributed by atoms with van der Waals surface area (Å²) in [5.41, 5.74) is 0.707. The molecule has 1 amide bonds. The first-order chi connectivity index (χ1) is 8.99. The highest BCUT2D eigenvalue weighted by Gasteiger charge is 2.10. The van der Waals surface area contributed by atoms with Crippen molar-refractivity contribution in [2.24, 2.45) is 0 Å². The molecule has 19 heavy (non-hydrogen) atoms. The Labute approximate surface area is 110 Å². The lowest BCUT2D eigenvalue weighted by Gasteiger charge is -2.09. The second kappa shape index (κ2) is 7.48. The Balaban J connectivity index is 2.21. The SMILES string of the molecule is CC(OCCNC(=O)Cc1ccc(F)cc1)C(=O)O. The molecule has 5 nitrogen and oxygen atoms in total. The molecule has 6 heteroatoms. The van der Waals surface area contributed by atoms with Crippen LogP contribution < -0.4 is 5.32 Å². The molecule has 1 unspecified atom stereocenters. The number of carbonyl (C=O) groups excluding carboxylic acids is 1. The average Bonchev–Trinajstić information content (AvgIpc) is 2.37. The van der Waals surface area contributed by atoms with E-state index in [1.807, 2.05) is 0 Å². The van der Waals surface area contributed by atoms with E-state index in [9.17, 15) is 14.0 Å². The van der Waals surface area contributed by atoms with Crippen LogP contribution in [0.4, 0.5) is 4.39 Å². The van der Waals surface area contributed by atoms with Gasteiger partial charge in [-0.05, 0) is 24.6 Å². The van der Waals surface area contributed by atoms with Gasteiger partial charge in [-0.2, -0.15) is 0 Å². The first kappa shape index (κ1) is 15.1. The summed E-state index contributed by atoms with van der Waals surface area (Å²) in [4.78, 5) is 22.0. The van der Waals surface area contributed by atoms with Crippen LogP contribution in [-0.4, -0.2) is 36.2 Å². The van der Waals surface area contributed by atoms with Crippen molar-refractivity contribution in [1.29, 1.82) is 0 Å². The van der Waals surface area contributed by atoms with Gasteiger partial charge in [-0.15, -0.1) is 0 Å². The molecule has 0 spiro atoms. The van der Waals surface area contributed by atoms with E-state index < -0.39 is 12.1 Å². The van der Waals surface area contributed by atoms with Gasteiger partial charge in [0, 0.05) is 6.54 Å². The number of nitrogens with one attached hydrogen (secondary N) is 1. The number of amides is 1. The highest BCUT2D eigenvalue weighted by Crippen LogP contribution is 2.03. The average molecular weight is 269 g/mol. The van der Waals surface area contributed by atoms with Crippen molar-refractivity contribution in [3.05, 3.63) is 35.6 Å². The van der Waals surface area contributed by atoms with E-state index in [1.54, 1.807) is 0 Å². The van der Waals surface area contributed by atoms with E-state index in [0.29, 0.717) is 5.56 Å². The summed E-state index contributed by atoms with van der Waals surface area (Å²) >= 11 is 0. The minimum Gasteiger partial charge on any atom is -0.479 e. The van der Waals surface area contributed by atoms with Crippen LogP contribution in [0.3, 0.4) is 0 Å². The number of carboxylic acid groups (broad SMARTS) is 1. The Bertz CT molecular complexity index is 433. The molecular weight excluding hydrogens is 253 g/mol. The number of halogens is 1. The lowest BCUT2D eigenvalue weighted by atomic mass is 10.1. The number of carboxylic acids is 1. The largest absolute Gasteiger partial charge is 0.479 e. The molecular formula is C13H16FNO4. The molecule has 0 aliphatic carbocycles. The predicted octanol–water partition coefficient (Wildman–Crippen LogP) is 0.974. The van der Waals surface area contributed by atoms with Gasteiger partial charge in [-0.3, -0.25) is 4.79 Å². The summed E-state index contributed by atoms with van der Waals surface area (Å²) in [6.45, 7) is 1.78. The number of hydrogen-bond donors (Lipinski definition) is 2. The molecule has 1 aromatic rings. The molecule has 0 bridgehead atoms. The molecule has 0 heterocycles. The number of carbonyl (C=O) groups is 2. The Morgan fingerprint density at radius 2 is 2.00 bits per heavy atom. The van der Waals surface area contributed by atoms with E-state index in [4.69, 9.17) is 9.84 Å². The molecule has 0 aliphatic rings. The second-order valence-electron chi connectivity index (χ2n) is 4.00. The van der Waals surface area contributed by atoms with Crippen molar-refractivity contribution in [3.8, 4) is 0 Å². The van der Waals surface area contributed by atoms with Crippen LogP contribution in [0.5, 0.6) is 0 Å². The van der Waals surface area contributed by atoms with Crippen molar-refractivity contribution >= 4 is 11.9 Å². The van der Waals surface area contributed by atoms with Gasteiger partial charge in [0.25, 0.3) is 0 Å².